The molecule has 0 unspecified atom stereocenters. The lowest BCUT2D eigenvalue weighted by molar-refractivity contribution is -0.384. The minimum absolute atomic E-state index is 0.0356. The number of non-ortho nitro benzene ring substituents is 1. The molecule has 10 heteroatoms. The van der Waals surface area contributed by atoms with Crippen LogP contribution in [0.25, 0.3) is 0 Å². The maximum absolute atomic E-state index is 12.3. The van der Waals surface area contributed by atoms with Crippen molar-refractivity contribution in [2.75, 3.05) is 11.1 Å². The summed E-state index contributed by atoms with van der Waals surface area (Å²) >= 11 is 1.24. The first-order valence-electron chi connectivity index (χ1n) is 10.4. The third-order valence-electron chi connectivity index (χ3n) is 4.63. The SMILES string of the molecule is C=CCn1c(COc2ccc(CCC)cc2)nnc1SCC(=O)Nc1ccc([N+](=O)[O-])cc1. The van der Waals surface area contributed by atoms with Gasteiger partial charge in [-0.25, -0.2) is 0 Å². The van der Waals surface area contributed by atoms with E-state index in [1.807, 2.05) is 16.7 Å². The molecule has 2 aromatic carbocycles. The van der Waals surface area contributed by atoms with Gasteiger partial charge in [0, 0.05) is 24.4 Å². The van der Waals surface area contributed by atoms with Crippen LogP contribution in [0.2, 0.25) is 0 Å². The normalized spacial score (nSPS) is 10.6. The van der Waals surface area contributed by atoms with E-state index in [1.165, 1.54) is 41.6 Å². The molecular weight excluding hydrogens is 442 g/mol. The number of allylic oxidation sites excluding steroid dienone is 1. The minimum Gasteiger partial charge on any atom is -0.486 e. The number of amides is 1. The van der Waals surface area contributed by atoms with Gasteiger partial charge >= 0.3 is 0 Å². The number of benzene rings is 2. The first kappa shape index (κ1) is 24.0. The van der Waals surface area contributed by atoms with Crippen molar-refractivity contribution in [2.24, 2.45) is 0 Å². The van der Waals surface area contributed by atoms with E-state index in [4.69, 9.17) is 4.74 Å². The van der Waals surface area contributed by atoms with E-state index in [-0.39, 0.29) is 24.0 Å². The van der Waals surface area contributed by atoms with E-state index >= 15 is 0 Å². The highest BCUT2D eigenvalue weighted by Crippen LogP contribution is 2.21. The Kier molecular flexibility index (Phi) is 8.59. The van der Waals surface area contributed by atoms with Gasteiger partial charge in [-0.2, -0.15) is 0 Å². The molecule has 0 bridgehead atoms. The Morgan fingerprint density at radius 3 is 2.58 bits per heavy atom. The number of carbonyl (C=O) groups is 1. The number of carbonyl (C=O) groups excluding carboxylic acids is 1. The molecule has 0 aliphatic rings. The highest BCUT2D eigenvalue weighted by atomic mass is 32.2. The molecule has 3 rings (SSSR count). The lowest BCUT2D eigenvalue weighted by Crippen LogP contribution is -2.15. The predicted molar refractivity (Wildman–Crippen MR) is 127 cm³/mol. The number of rotatable bonds is 12. The predicted octanol–water partition coefficient (Wildman–Crippen LogP) is 4.63. The van der Waals surface area contributed by atoms with E-state index < -0.39 is 4.92 Å². The average Bonchev–Trinajstić information content (AvgIpc) is 3.19. The molecule has 0 radical (unpaired) electrons. The fourth-order valence-electron chi connectivity index (χ4n) is 3.03. The number of hydrogen-bond donors (Lipinski definition) is 1. The highest BCUT2D eigenvalue weighted by Gasteiger charge is 2.15. The van der Waals surface area contributed by atoms with Crippen molar-refractivity contribution >= 4 is 29.0 Å². The number of nitrogens with zero attached hydrogens (tertiary/aromatic N) is 4. The quantitative estimate of drug-likeness (QED) is 0.179. The Bertz CT molecular complexity index is 1100. The average molecular weight is 468 g/mol. The molecule has 33 heavy (non-hydrogen) atoms. The Labute approximate surface area is 196 Å². The number of nitrogens with one attached hydrogen (secondary N) is 1. The van der Waals surface area contributed by atoms with Gasteiger partial charge in [-0.1, -0.05) is 43.3 Å². The maximum atomic E-state index is 12.3. The van der Waals surface area contributed by atoms with Crippen molar-refractivity contribution in [3.63, 3.8) is 0 Å². The van der Waals surface area contributed by atoms with E-state index in [1.54, 1.807) is 6.08 Å². The number of nitro groups is 1. The van der Waals surface area contributed by atoms with Crippen molar-refractivity contribution in [3.8, 4) is 5.75 Å². The molecule has 9 nitrogen and oxygen atoms in total. The number of ether oxygens (including phenoxy) is 1. The minimum atomic E-state index is -0.489. The summed E-state index contributed by atoms with van der Waals surface area (Å²) in [7, 11) is 0. The number of aromatic nitrogens is 3. The smallest absolute Gasteiger partial charge is 0.269 e. The second-order valence-corrected chi connectivity index (χ2v) is 8.06. The Morgan fingerprint density at radius 2 is 1.94 bits per heavy atom. The summed E-state index contributed by atoms with van der Waals surface area (Å²) in [4.78, 5) is 22.5. The molecule has 172 valence electrons. The zero-order valence-electron chi connectivity index (χ0n) is 18.3. The molecule has 0 spiro atoms. The lowest BCUT2D eigenvalue weighted by Gasteiger charge is -2.10. The van der Waals surface area contributed by atoms with Gasteiger partial charge in [-0.15, -0.1) is 16.8 Å². The number of thioether (sulfide) groups is 1. The third-order valence-corrected chi connectivity index (χ3v) is 5.60. The monoisotopic (exact) mass is 467 g/mol. The molecule has 0 saturated heterocycles. The first-order valence-corrected chi connectivity index (χ1v) is 11.4. The van der Waals surface area contributed by atoms with Crippen LogP contribution in [0.5, 0.6) is 5.75 Å². The molecule has 0 saturated carbocycles. The van der Waals surface area contributed by atoms with Crippen molar-refractivity contribution in [2.45, 2.75) is 38.1 Å². The summed E-state index contributed by atoms with van der Waals surface area (Å²) in [6, 6.07) is 13.7. The second kappa shape index (κ2) is 11.8. The third kappa shape index (κ3) is 6.91. The molecule has 1 amide bonds. The Morgan fingerprint density at radius 1 is 1.21 bits per heavy atom. The lowest BCUT2D eigenvalue weighted by atomic mass is 10.1. The van der Waals surface area contributed by atoms with Crippen molar-refractivity contribution in [1.29, 1.82) is 0 Å². The highest BCUT2D eigenvalue weighted by molar-refractivity contribution is 7.99. The molecule has 0 aliphatic carbocycles. The molecule has 0 aliphatic heterocycles. The van der Waals surface area contributed by atoms with Gasteiger partial charge in [0.25, 0.3) is 5.69 Å². The van der Waals surface area contributed by atoms with Crippen LogP contribution >= 0.6 is 11.8 Å². The van der Waals surface area contributed by atoms with Gasteiger partial charge in [0.05, 0.1) is 10.7 Å². The Balaban J connectivity index is 1.57. The van der Waals surface area contributed by atoms with E-state index in [2.05, 4.69) is 41.1 Å². The summed E-state index contributed by atoms with van der Waals surface area (Å²) in [5.74, 6) is 1.23. The van der Waals surface area contributed by atoms with Gasteiger partial charge in [0.2, 0.25) is 5.91 Å². The standard InChI is InChI=1S/C23H25N5O4S/c1-3-5-17-6-12-20(13-7-17)32-15-21-25-26-23(27(21)14-4-2)33-16-22(29)24-18-8-10-19(11-9-18)28(30)31/h4,6-13H,2-3,5,14-16H2,1H3,(H,24,29). The first-order chi connectivity index (χ1) is 16.0. The van der Waals surface area contributed by atoms with Crippen LogP contribution in [0, 0.1) is 10.1 Å². The summed E-state index contributed by atoms with van der Waals surface area (Å²) in [5.41, 5.74) is 1.72. The molecule has 3 aromatic rings. The second-order valence-electron chi connectivity index (χ2n) is 7.12. The largest absolute Gasteiger partial charge is 0.486 e. The van der Waals surface area contributed by atoms with Crippen LogP contribution in [0.3, 0.4) is 0 Å². The van der Waals surface area contributed by atoms with Gasteiger partial charge < -0.3 is 10.1 Å². The van der Waals surface area contributed by atoms with Crippen LogP contribution in [0.15, 0.2) is 66.3 Å². The van der Waals surface area contributed by atoms with Crippen LogP contribution < -0.4 is 10.1 Å². The van der Waals surface area contributed by atoms with Crippen LogP contribution in [0.1, 0.15) is 24.7 Å². The van der Waals surface area contributed by atoms with Crippen molar-refractivity contribution in [3.05, 3.63) is 82.7 Å². The topological polar surface area (TPSA) is 112 Å². The molecular formula is C23H25N5O4S. The van der Waals surface area contributed by atoms with Gasteiger partial charge in [0.1, 0.15) is 12.4 Å². The van der Waals surface area contributed by atoms with Crippen molar-refractivity contribution < 1.29 is 14.5 Å². The molecule has 0 fully saturated rings. The van der Waals surface area contributed by atoms with Gasteiger partial charge in [-0.05, 0) is 36.2 Å². The summed E-state index contributed by atoms with van der Waals surface area (Å²) in [6.45, 7) is 6.64. The van der Waals surface area contributed by atoms with Crippen LogP contribution in [0.4, 0.5) is 11.4 Å². The number of anilines is 1. The van der Waals surface area contributed by atoms with Crippen LogP contribution in [-0.4, -0.2) is 31.3 Å². The molecule has 1 aromatic heterocycles. The summed E-state index contributed by atoms with van der Waals surface area (Å²) in [5, 5.41) is 22.4. The Hall–Kier alpha value is -3.66. The summed E-state index contributed by atoms with van der Waals surface area (Å²) < 4.78 is 7.71. The number of hydrogen-bond acceptors (Lipinski definition) is 7. The fourth-order valence-corrected chi connectivity index (χ4v) is 3.79. The van der Waals surface area contributed by atoms with E-state index in [0.717, 1.165) is 18.6 Å². The fraction of sp³-hybridized carbons (Fsp3) is 0.261. The molecule has 1 heterocycles. The number of nitro benzene ring substituents is 1. The van der Waals surface area contributed by atoms with E-state index in [0.29, 0.717) is 23.2 Å². The summed E-state index contributed by atoms with van der Waals surface area (Å²) in [6.07, 6.45) is 3.86. The van der Waals surface area contributed by atoms with Crippen LogP contribution in [-0.2, 0) is 24.4 Å². The zero-order chi connectivity index (χ0) is 23.6. The number of aryl methyl sites for hydroxylation is 1. The maximum Gasteiger partial charge on any atom is 0.269 e. The van der Waals surface area contributed by atoms with Gasteiger partial charge in [-0.3, -0.25) is 19.5 Å². The van der Waals surface area contributed by atoms with E-state index in [9.17, 15) is 14.9 Å². The van der Waals surface area contributed by atoms with Gasteiger partial charge in [0.15, 0.2) is 11.0 Å². The zero-order valence-corrected chi connectivity index (χ0v) is 19.1. The molecule has 1 N–H and O–H groups in total. The van der Waals surface area contributed by atoms with Crippen molar-refractivity contribution in [1.82, 2.24) is 14.8 Å². The molecule has 0 atom stereocenters.